The molecule has 1 atom stereocenters. The summed E-state index contributed by atoms with van der Waals surface area (Å²) in [4.78, 5) is 11.8. The number of hydrogen-bond donors (Lipinski definition) is 2. The van der Waals surface area contributed by atoms with Crippen molar-refractivity contribution in [3.05, 3.63) is 48.5 Å². The highest BCUT2D eigenvalue weighted by Gasteiger charge is 2.11. The average molecular weight is 300 g/mol. The maximum atomic E-state index is 11.8. The Hall–Kier alpha value is -2.53. The molecule has 3 N–H and O–H groups in total. The van der Waals surface area contributed by atoms with Gasteiger partial charge >= 0.3 is 0 Å². The lowest BCUT2D eigenvalue weighted by molar-refractivity contribution is -0.117. The van der Waals surface area contributed by atoms with Gasteiger partial charge < -0.3 is 20.5 Å². The van der Waals surface area contributed by atoms with E-state index in [0.717, 1.165) is 5.75 Å². The van der Waals surface area contributed by atoms with Crippen LogP contribution in [0.3, 0.4) is 0 Å². The summed E-state index contributed by atoms with van der Waals surface area (Å²) in [5, 5.41) is 2.77. The lowest BCUT2D eigenvalue weighted by Gasteiger charge is -2.12. The van der Waals surface area contributed by atoms with Gasteiger partial charge in [0, 0.05) is 11.8 Å². The molecule has 0 bridgehead atoms. The molecule has 0 heterocycles. The van der Waals surface area contributed by atoms with Gasteiger partial charge in [-0.05, 0) is 42.8 Å². The number of hydrogen-bond acceptors (Lipinski definition) is 4. The Bertz CT molecular complexity index is 626. The van der Waals surface area contributed by atoms with Crippen molar-refractivity contribution in [2.24, 2.45) is 5.73 Å². The Kier molecular flexibility index (Phi) is 5.38. The summed E-state index contributed by atoms with van der Waals surface area (Å²) in [6.45, 7) is 1.87. The average Bonchev–Trinajstić information content (AvgIpc) is 2.55. The molecule has 0 saturated heterocycles. The van der Waals surface area contributed by atoms with Crippen LogP contribution in [0.25, 0.3) is 0 Å². The molecule has 2 aromatic carbocycles. The highest BCUT2D eigenvalue weighted by atomic mass is 16.5. The number of amides is 1. The molecule has 5 heteroatoms. The molecule has 0 aliphatic carbocycles. The maximum absolute atomic E-state index is 11.8. The molecule has 2 rings (SSSR count). The van der Waals surface area contributed by atoms with Crippen LogP contribution in [-0.2, 0) is 4.79 Å². The fourth-order valence-corrected chi connectivity index (χ4v) is 1.84. The van der Waals surface area contributed by atoms with Crippen LogP contribution >= 0.6 is 0 Å². The zero-order valence-corrected chi connectivity index (χ0v) is 12.7. The molecule has 2 aromatic rings. The monoisotopic (exact) mass is 300 g/mol. The smallest absolute Gasteiger partial charge is 0.241 e. The minimum atomic E-state index is -0.508. The van der Waals surface area contributed by atoms with E-state index < -0.39 is 6.04 Å². The second-order valence-electron chi connectivity index (χ2n) is 4.81. The van der Waals surface area contributed by atoms with E-state index >= 15 is 0 Å². The van der Waals surface area contributed by atoms with Crippen molar-refractivity contribution in [2.45, 2.75) is 19.4 Å². The molecule has 5 nitrogen and oxygen atoms in total. The first-order valence-electron chi connectivity index (χ1n) is 7.10. The molecule has 22 heavy (non-hydrogen) atoms. The van der Waals surface area contributed by atoms with E-state index in [1.165, 1.54) is 0 Å². The number of anilines is 1. The normalized spacial score (nSPS) is 11.6. The number of methoxy groups -OCH3 is 1. The van der Waals surface area contributed by atoms with Gasteiger partial charge in [-0.2, -0.15) is 0 Å². The predicted octanol–water partition coefficient (Wildman–Crippen LogP) is 3.16. The summed E-state index contributed by atoms with van der Waals surface area (Å²) in [6.07, 6.45) is 0.591. The Morgan fingerprint density at radius 2 is 1.82 bits per heavy atom. The number of ether oxygens (including phenoxy) is 2. The fraction of sp³-hybridized carbons (Fsp3) is 0.235. The molecule has 0 fully saturated rings. The van der Waals surface area contributed by atoms with Crippen molar-refractivity contribution in [3.63, 3.8) is 0 Å². The van der Waals surface area contributed by atoms with Gasteiger partial charge in [0.25, 0.3) is 0 Å². The van der Waals surface area contributed by atoms with Crippen molar-refractivity contribution in [1.82, 2.24) is 0 Å². The third-order valence-electron chi connectivity index (χ3n) is 3.17. The summed E-state index contributed by atoms with van der Waals surface area (Å²) in [6, 6.07) is 13.9. The second kappa shape index (κ2) is 7.47. The summed E-state index contributed by atoms with van der Waals surface area (Å²) in [5.74, 6) is 1.88. The Morgan fingerprint density at radius 3 is 2.45 bits per heavy atom. The molecule has 0 radical (unpaired) electrons. The van der Waals surface area contributed by atoms with Crippen LogP contribution in [0.1, 0.15) is 13.3 Å². The van der Waals surface area contributed by atoms with E-state index in [1.54, 1.807) is 19.2 Å². The SMILES string of the molecule is CCC(N)C(=O)Nc1cccc(Oc2ccc(OC)cc2)c1. The van der Waals surface area contributed by atoms with Crippen molar-refractivity contribution in [3.8, 4) is 17.2 Å². The summed E-state index contributed by atoms with van der Waals surface area (Å²) >= 11 is 0. The van der Waals surface area contributed by atoms with Crippen LogP contribution in [0.4, 0.5) is 5.69 Å². The van der Waals surface area contributed by atoms with Crippen LogP contribution in [0.5, 0.6) is 17.2 Å². The number of carbonyl (C=O) groups is 1. The number of carbonyl (C=O) groups excluding carboxylic acids is 1. The number of nitrogens with two attached hydrogens (primary N) is 1. The lowest BCUT2D eigenvalue weighted by Crippen LogP contribution is -2.34. The molecular formula is C17H20N2O3. The molecule has 1 amide bonds. The molecule has 0 aliphatic heterocycles. The van der Waals surface area contributed by atoms with E-state index in [-0.39, 0.29) is 5.91 Å². The van der Waals surface area contributed by atoms with Crippen LogP contribution in [-0.4, -0.2) is 19.1 Å². The van der Waals surface area contributed by atoms with Crippen LogP contribution < -0.4 is 20.5 Å². The third-order valence-corrected chi connectivity index (χ3v) is 3.17. The fourth-order valence-electron chi connectivity index (χ4n) is 1.84. The van der Waals surface area contributed by atoms with Gasteiger partial charge in [-0.1, -0.05) is 13.0 Å². The largest absolute Gasteiger partial charge is 0.497 e. The molecular weight excluding hydrogens is 280 g/mol. The van der Waals surface area contributed by atoms with E-state index in [9.17, 15) is 4.79 Å². The van der Waals surface area contributed by atoms with Gasteiger partial charge in [-0.3, -0.25) is 4.79 Å². The maximum Gasteiger partial charge on any atom is 0.241 e. The standard InChI is InChI=1S/C17H20N2O3/c1-3-16(18)17(20)19-12-5-4-6-15(11-12)22-14-9-7-13(21-2)8-10-14/h4-11,16H,3,18H2,1-2H3,(H,19,20). The van der Waals surface area contributed by atoms with Gasteiger partial charge in [0.05, 0.1) is 13.2 Å². The Morgan fingerprint density at radius 1 is 1.14 bits per heavy atom. The first-order chi connectivity index (χ1) is 10.6. The molecule has 0 spiro atoms. The molecule has 116 valence electrons. The van der Waals surface area contributed by atoms with Gasteiger partial charge in [-0.15, -0.1) is 0 Å². The van der Waals surface area contributed by atoms with Crippen molar-refractivity contribution in [2.75, 3.05) is 12.4 Å². The highest BCUT2D eigenvalue weighted by Crippen LogP contribution is 2.25. The van der Waals surface area contributed by atoms with Crippen LogP contribution in [0.2, 0.25) is 0 Å². The molecule has 0 aromatic heterocycles. The topological polar surface area (TPSA) is 73.6 Å². The quantitative estimate of drug-likeness (QED) is 0.859. The minimum absolute atomic E-state index is 0.205. The minimum Gasteiger partial charge on any atom is -0.497 e. The molecule has 0 saturated carbocycles. The molecule has 1 unspecified atom stereocenters. The zero-order chi connectivity index (χ0) is 15.9. The number of nitrogens with one attached hydrogen (secondary N) is 1. The number of benzene rings is 2. The highest BCUT2D eigenvalue weighted by molar-refractivity contribution is 5.94. The Labute approximate surface area is 130 Å². The lowest BCUT2D eigenvalue weighted by atomic mass is 10.2. The third kappa shape index (κ3) is 4.23. The van der Waals surface area contributed by atoms with Gasteiger partial charge in [0.1, 0.15) is 17.2 Å². The summed E-state index contributed by atoms with van der Waals surface area (Å²) < 4.78 is 10.8. The van der Waals surface area contributed by atoms with Crippen molar-refractivity contribution >= 4 is 11.6 Å². The summed E-state index contributed by atoms with van der Waals surface area (Å²) in [5.41, 5.74) is 6.35. The van der Waals surface area contributed by atoms with Crippen molar-refractivity contribution < 1.29 is 14.3 Å². The number of rotatable bonds is 6. The van der Waals surface area contributed by atoms with Gasteiger partial charge in [0.15, 0.2) is 0 Å². The first kappa shape index (κ1) is 15.9. The second-order valence-corrected chi connectivity index (χ2v) is 4.81. The Balaban J connectivity index is 2.05. The van der Waals surface area contributed by atoms with Gasteiger partial charge in [0.2, 0.25) is 5.91 Å². The molecule has 0 aliphatic rings. The zero-order valence-electron chi connectivity index (χ0n) is 12.7. The van der Waals surface area contributed by atoms with Crippen LogP contribution in [0.15, 0.2) is 48.5 Å². The first-order valence-corrected chi connectivity index (χ1v) is 7.10. The predicted molar refractivity (Wildman–Crippen MR) is 86.4 cm³/mol. The van der Waals surface area contributed by atoms with Gasteiger partial charge in [-0.25, -0.2) is 0 Å². The van der Waals surface area contributed by atoms with E-state index in [1.807, 2.05) is 43.3 Å². The van der Waals surface area contributed by atoms with E-state index in [2.05, 4.69) is 5.32 Å². The van der Waals surface area contributed by atoms with E-state index in [4.69, 9.17) is 15.2 Å². The summed E-state index contributed by atoms with van der Waals surface area (Å²) in [7, 11) is 1.61. The van der Waals surface area contributed by atoms with Crippen LogP contribution in [0, 0.1) is 0 Å². The van der Waals surface area contributed by atoms with E-state index in [0.29, 0.717) is 23.6 Å². The van der Waals surface area contributed by atoms with Crippen molar-refractivity contribution in [1.29, 1.82) is 0 Å².